The highest BCUT2D eigenvalue weighted by Gasteiger charge is 2.10. The number of hydrazone groups is 1. The lowest BCUT2D eigenvalue weighted by molar-refractivity contribution is -0.0512. The van der Waals surface area contributed by atoms with E-state index in [2.05, 4.69) is 15.3 Å². The molecule has 0 spiro atoms. The first kappa shape index (κ1) is 17.2. The van der Waals surface area contributed by atoms with Gasteiger partial charge in [0.25, 0.3) is 0 Å². The summed E-state index contributed by atoms with van der Waals surface area (Å²) in [5, 5.41) is 12.9. The van der Waals surface area contributed by atoms with Crippen LogP contribution in [-0.4, -0.2) is 31.0 Å². The summed E-state index contributed by atoms with van der Waals surface area (Å²) in [7, 11) is 1.34. The van der Waals surface area contributed by atoms with E-state index >= 15 is 0 Å². The van der Waals surface area contributed by atoms with Crippen molar-refractivity contribution >= 4 is 17.9 Å². The second-order valence-electron chi connectivity index (χ2n) is 4.54. The summed E-state index contributed by atoms with van der Waals surface area (Å²) in [5.74, 6) is -0.971. The molecule has 0 aliphatic rings. The summed E-state index contributed by atoms with van der Waals surface area (Å²) >= 11 is 0. The minimum atomic E-state index is -2.94. The normalized spacial score (nSPS) is 10.8. The maximum Gasteiger partial charge on any atom is 0.387 e. The van der Waals surface area contributed by atoms with Crippen LogP contribution in [0, 0.1) is 0 Å². The molecular formula is C16H14F2N2O4. The number of hydrogen-bond acceptors (Lipinski definition) is 5. The SMILES string of the molecule is COc1cc(/C=N/Nc2cccc(C(=O)O)c2)ccc1OC(F)F. The summed E-state index contributed by atoms with van der Waals surface area (Å²) in [6.45, 7) is -2.94. The van der Waals surface area contributed by atoms with Gasteiger partial charge in [-0.3, -0.25) is 5.43 Å². The molecule has 0 aliphatic heterocycles. The molecule has 0 amide bonds. The van der Waals surface area contributed by atoms with E-state index in [1.807, 2.05) is 0 Å². The molecule has 0 unspecified atom stereocenters. The zero-order chi connectivity index (χ0) is 17.5. The van der Waals surface area contributed by atoms with Crippen LogP contribution in [0.3, 0.4) is 0 Å². The molecule has 8 heteroatoms. The van der Waals surface area contributed by atoms with Gasteiger partial charge >= 0.3 is 12.6 Å². The molecule has 2 rings (SSSR count). The monoisotopic (exact) mass is 336 g/mol. The first-order valence-electron chi connectivity index (χ1n) is 6.75. The number of methoxy groups -OCH3 is 1. The largest absolute Gasteiger partial charge is 0.493 e. The van der Waals surface area contributed by atoms with Gasteiger partial charge in [-0.2, -0.15) is 13.9 Å². The van der Waals surface area contributed by atoms with Gasteiger partial charge in [-0.25, -0.2) is 4.79 Å². The van der Waals surface area contributed by atoms with Crippen molar-refractivity contribution in [2.24, 2.45) is 5.10 Å². The molecule has 0 heterocycles. The molecule has 0 saturated carbocycles. The number of benzene rings is 2. The van der Waals surface area contributed by atoms with E-state index in [0.717, 1.165) is 0 Å². The van der Waals surface area contributed by atoms with Crippen molar-refractivity contribution in [1.29, 1.82) is 0 Å². The highest BCUT2D eigenvalue weighted by Crippen LogP contribution is 2.28. The van der Waals surface area contributed by atoms with Gasteiger partial charge in [-0.1, -0.05) is 6.07 Å². The van der Waals surface area contributed by atoms with Gasteiger partial charge in [0.05, 0.1) is 24.6 Å². The van der Waals surface area contributed by atoms with Crippen LogP contribution in [0.5, 0.6) is 11.5 Å². The third kappa shape index (κ3) is 4.67. The van der Waals surface area contributed by atoms with Crippen LogP contribution >= 0.6 is 0 Å². The topological polar surface area (TPSA) is 80.2 Å². The van der Waals surface area contributed by atoms with Crippen LogP contribution in [0.25, 0.3) is 0 Å². The van der Waals surface area contributed by atoms with Crippen molar-refractivity contribution in [3.63, 3.8) is 0 Å². The molecule has 0 atom stereocenters. The summed E-state index contributed by atoms with van der Waals surface area (Å²) < 4.78 is 33.8. The summed E-state index contributed by atoms with van der Waals surface area (Å²) in [6.07, 6.45) is 1.43. The van der Waals surface area contributed by atoms with Crippen molar-refractivity contribution < 1.29 is 28.2 Å². The molecule has 0 aliphatic carbocycles. The van der Waals surface area contributed by atoms with Gasteiger partial charge < -0.3 is 14.6 Å². The Hall–Kier alpha value is -3.16. The quantitative estimate of drug-likeness (QED) is 0.598. The average molecular weight is 336 g/mol. The summed E-state index contributed by atoms with van der Waals surface area (Å²) in [5.41, 5.74) is 3.89. The van der Waals surface area contributed by atoms with Crippen LogP contribution in [0.4, 0.5) is 14.5 Å². The Morgan fingerprint density at radius 1 is 1.25 bits per heavy atom. The first-order chi connectivity index (χ1) is 11.5. The third-order valence-electron chi connectivity index (χ3n) is 2.92. The van der Waals surface area contributed by atoms with Crippen LogP contribution in [0.1, 0.15) is 15.9 Å². The highest BCUT2D eigenvalue weighted by atomic mass is 19.3. The minimum Gasteiger partial charge on any atom is -0.493 e. The number of nitrogens with zero attached hydrogens (tertiary/aromatic N) is 1. The van der Waals surface area contributed by atoms with Gasteiger partial charge in [-0.15, -0.1) is 0 Å². The smallest absolute Gasteiger partial charge is 0.387 e. The Kier molecular flexibility index (Phi) is 5.67. The van der Waals surface area contributed by atoms with Gasteiger partial charge in [0.1, 0.15) is 0 Å². The molecule has 2 N–H and O–H groups in total. The van der Waals surface area contributed by atoms with Gasteiger partial charge in [-0.05, 0) is 42.0 Å². The summed E-state index contributed by atoms with van der Waals surface area (Å²) in [4.78, 5) is 10.9. The zero-order valence-electron chi connectivity index (χ0n) is 12.6. The van der Waals surface area contributed by atoms with E-state index in [4.69, 9.17) is 9.84 Å². The molecule has 0 fully saturated rings. The number of nitrogens with one attached hydrogen (secondary N) is 1. The van der Waals surface area contributed by atoms with Crippen LogP contribution in [0.2, 0.25) is 0 Å². The number of ether oxygens (including phenoxy) is 2. The van der Waals surface area contributed by atoms with Crippen LogP contribution in [0.15, 0.2) is 47.6 Å². The molecule has 2 aromatic carbocycles. The lowest BCUT2D eigenvalue weighted by atomic mass is 10.2. The Bertz CT molecular complexity index is 751. The zero-order valence-corrected chi connectivity index (χ0v) is 12.6. The van der Waals surface area contributed by atoms with E-state index in [0.29, 0.717) is 11.3 Å². The number of carboxylic acid groups (broad SMARTS) is 1. The van der Waals surface area contributed by atoms with Crippen molar-refractivity contribution in [3.05, 3.63) is 53.6 Å². The average Bonchev–Trinajstić information content (AvgIpc) is 2.56. The fraction of sp³-hybridized carbons (Fsp3) is 0.125. The molecule has 6 nitrogen and oxygen atoms in total. The standard InChI is InChI=1S/C16H14F2N2O4/c1-23-14-7-10(5-6-13(14)24-16(17)18)9-19-20-12-4-2-3-11(8-12)15(21)22/h2-9,16,20H,1H3,(H,21,22)/b19-9+. The van der Waals surface area contributed by atoms with E-state index in [1.165, 1.54) is 43.7 Å². The second-order valence-corrected chi connectivity index (χ2v) is 4.54. The Balaban J connectivity index is 2.09. The number of carbonyl (C=O) groups is 1. The predicted octanol–water partition coefficient (Wildman–Crippen LogP) is 3.44. The third-order valence-corrected chi connectivity index (χ3v) is 2.92. The molecule has 0 saturated heterocycles. The number of anilines is 1. The Labute approximate surface area is 136 Å². The van der Waals surface area contributed by atoms with Crippen LogP contribution < -0.4 is 14.9 Å². The summed E-state index contributed by atoms with van der Waals surface area (Å²) in [6, 6.07) is 10.5. The minimum absolute atomic E-state index is 0.0771. The van der Waals surface area contributed by atoms with E-state index in [-0.39, 0.29) is 17.1 Å². The maximum atomic E-state index is 12.3. The highest BCUT2D eigenvalue weighted by molar-refractivity contribution is 5.89. The molecule has 0 aromatic heterocycles. The fourth-order valence-electron chi connectivity index (χ4n) is 1.86. The molecule has 0 radical (unpaired) electrons. The fourth-order valence-corrected chi connectivity index (χ4v) is 1.86. The molecular weight excluding hydrogens is 322 g/mol. The van der Waals surface area contributed by atoms with Crippen molar-refractivity contribution in [1.82, 2.24) is 0 Å². The Morgan fingerprint density at radius 3 is 2.71 bits per heavy atom. The maximum absolute atomic E-state index is 12.3. The lowest BCUT2D eigenvalue weighted by Gasteiger charge is -2.10. The number of alkyl halides is 2. The number of halogens is 2. The van der Waals surface area contributed by atoms with Crippen molar-refractivity contribution in [2.75, 3.05) is 12.5 Å². The molecule has 126 valence electrons. The molecule has 0 bridgehead atoms. The number of aromatic carboxylic acids is 1. The van der Waals surface area contributed by atoms with E-state index in [1.54, 1.807) is 12.1 Å². The second kappa shape index (κ2) is 7.91. The first-order valence-corrected chi connectivity index (χ1v) is 6.75. The Morgan fingerprint density at radius 2 is 2.04 bits per heavy atom. The van der Waals surface area contributed by atoms with Gasteiger partial charge in [0, 0.05) is 0 Å². The van der Waals surface area contributed by atoms with Gasteiger partial charge in [0.2, 0.25) is 0 Å². The van der Waals surface area contributed by atoms with Crippen LogP contribution in [-0.2, 0) is 0 Å². The van der Waals surface area contributed by atoms with Crippen molar-refractivity contribution in [2.45, 2.75) is 6.61 Å². The number of rotatable bonds is 7. The number of carboxylic acids is 1. The lowest BCUT2D eigenvalue weighted by Crippen LogP contribution is -2.03. The number of hydrogen-bond donors (Lipinski definition) is 2. The molecule has 24 heavy (non-hydrogen) atoms. The predicted molar refractivity (Wildman–Crippen MR) is 84.2 cm³/mol. The van der Waals surface area contributed by atoms with E-state index < -0.39 is 12.6 Å². The van der Waals surface area contributed by atoms with E-state index in [9.17, 15) is 13.6 Å². The molecule has 2 aromatic rings. The van der Waals surface area contributed by atoms with Crippen molar-refractivity contribution in [3.8, 4) is 11.5 Å². The van der Waals surface area contributed by atoms with Gasteiger partial charge in [0.15, 0.2) is 11.5 Å².